The average Bonchev–Trinajstić information content (AvgIpc) is 3.10. The molecule has 28 heavy (non-hydrogen) atoms. The molecule has 0 aliphatic rings. The normalized spacial score (nSPS) is 10.6. The van der Waals surface area contributed by atoms with Gasteiger partial charge in [0.15, 0.2) is 11.0 Å². The van der Waals surface area contributed by atoms with E-state index in [0.29, 0.717) is 16.4 Å². The molecule has 0 saturated heterocycles. The molecule has 1 aromatic carbocycles. The van der Waals surface area contributed by atoms with Crippen molar-refractivity contribution >= 4 is 29.3 Å². The molecule has 3 N–H and O–H groups in total. The first-order chi connectivity index (χ1) is 13.6. The van der Waals surface area contributed by atoms with Crippen LogP contribution in [0, 0.1) is 0 Å². The van der Waals surface area contributed by atoms with E-state index in [1.807, 2.05) is 16.7 Å². The molecule has 0 fully saturated rings. The predicted molar refractivity (Wildman–Crippen MR) is 108 cm³/mol. The third kappa shape index (κ3) is 4.74. The van der Waals surface area contributed by atoms with Crippen LogP contribution in [-0.4, -0.2) is 37.3 Å². The van der Waals surface area contributed by atoms with E-state index < -0.39 is 5.91 Å². The molecule has 0 radical (unpaired) electrons. The summed E-state index contributed by atoms with van der Waals surface area (Å²) < 4.78 is 2.01. The summed E-state index contributed by atoms with van der Waals surface area (Å²) in [6, 6.07) is 10.2. The number of hydrogen-bond acceptors (Lipinski definition) is 6. The number of rotatable bonds is 8. The molecule has 2 heterocycles. The Hall–Kier alpha value is -3.20. The zero-order chi connectivity index (χ0) is 19.9. The summed E-state index contributed by atoms with van der Waals surface area (Å²) in [6.45, 7) is 2.83. The van der Waals surface area contributed by atoms with Crippen molar-refractivity contribution in [3.8, 4) is 11.4 Å². The zero-order valence-corrected chi connectivity index (χ0v) is 16.1. The molecule has 144 valence electrons. The van der Waals surface area contributed by atoms with Gasteiger partial charge in [0.2, 0.25) is 11.8 Å². The van der Waals surface area contributed by atoms with Crippen LogP contribution < -0.4 is 11.1 Å². The van der Waals surface area contributed by atoms with Crippen molar-refractivity contribution in [2.45, 2.75) is 25.0 Å². The Morgan fingerprint density at radius 1 is 1.11 bits per heavy atom. The number of primary amides is 1. The molecule has 2 amide bonds. The Labute approximate surface area is 166 Å². The molecule has 0 saturated carbocycles. The minimum Gasteiger partial charge on any atom is -0.366 e. The van der Waals surface area contributed by atoms with Gasteiger partial charge < -0.3 is 15.6 Å². The number of pyridine rings is 1. The van der Waals surface area contributed by atoms with E-state index in [9.17, 15) is 9.59 Å². The van der Waals surface area contributed by atoms with Gasteiger partial charge in [-0.2, -0.15) is 0 Å². The summed E-state index contributed by atoms with van der Waals surface area (Å²) in [6.07, 6.45) is 4.34. The second-order valence-corrected chi connectivity index (χ2v) is 6.91. The van der Waals surface area contributed by atoms with Crippen molar-refractivity contribution in [3.05, 3.63) is 54.4 Å². The molecule has 0 unspecified atom stereocenters. The summed E-state index contributed by atoms with van der Waals surface area (Å²) in [5.74, 6) is 0.270. The number of hydrogen-bond donors (Lipinski definition) is 2. The second-order valence-electron chi connectivity index (χ2n) is 5.97. The standard InChI is InChI=1S/C19H20N6O2S/c1-2-11-25-18(14-7-9-21-10-8-14)23-24-19(25)28-12-16(26)22-15-5-3-13(4-6-15)17(20)27/h3-10H,2,11-12H2,1H3,(H2,20,27)(H,22,26). The van der Waals surface area contributed by atoms with Crippen LogP contribution >= 0.6 is 11.8 Å². The fourth-order valence-corrected chi connectivity index (χ4v) is 3.34. The maximum atomic E-state index is 12.3. The summed E-state index contributed by atoms with van der Waals surface area (Å²) in [4.78, 5) is 27.4. The minimum absolute atomic E-state index is 0.173. The van der Waals surface area contributed by atoms with E-state index in [1.54, 1.807) is 36.7 Å². The lowest BCUT2D eigenvalue weighted by Gasteiger charge is -2.09. The maximum absolute atomic E-state index is 12.3. The van der Waals surface area contributed by atoms with Gasteiger partial charge in [0.1, 0.15) is 0 Å². The topological polar surface area (TPSA) is 116 Å². The van der Waals surface area contributed by atoms with Gasteiger partial charge in [-0.05, 0) is 42.8 Å². The number of aromatic nitrogens is 4. The number of amides is 2. The van der Waals surface area contributed by atoms with Gasteiger partial charge in [-0.3, -0.25) is 14.6 Å². The molecular formula is C19H20N6O2S. The number of nitrogens with one attached hydrogen (secondary N) is 1. The van der Waals surface area contributed by atoms with Crippen LogP contribution in [0.2, 0.25) is 0 Å². The van der Waals surface area contributed by atoms with Gasteiger partial charge in [-0.15, -0.1) is 10.2 Å². The minimum atomic E-state index is -0.506. The highest BCUT2D eigenvalue weighted by Crippen LogP contribution is 2.24. The Bertz CT molecular complexity index is 956. The monoisotopic (exact) mass is 396 g/mol. The highest BCUT2D eigenvalue weighted by Gasteiger charge is 2.15. The lowest BCUT2D eigenvalue weighted by Crippen LogP contribution is -2.15. The fraction of sp³-hybridized carbons (Fsp3) is 0.211. The van der Waals surface area contributed by atoms with Crippen LogP contribution in [0.4, 0.5) is 5.69 Å². The first-order valence-corrected chi connectivity index (χ1v) is 9.73. The molecule has 9 heteroatoms. The van der Waals surface area contributed by atoms with Crippen molar-refractivity contribution < 1.29 is 9.59 Å². The Kier molecular flexibility index (Phi) is 6.38. The van der Waals surface area contributed by atoms with Crippen LogP contribution in [-0.2, 0) is 11.3 Å². The molecule has 0 aliphatic heterocycles. The molecule has 3 aromatic rings. The van der Waals surface area contributed by atoms with Gasteiger partial charge in [-0.25, -0.2) is 0 Å². The summed E-state index contributed by atoms with van der Waals surface area (Å²) in [7, 11) is 0. The smallest absolute Gasteiger partial charge is 0.248 e. The lowest BCUT2D eigenvalue weighted by atomic mass is 10.2. The molecule has 3 rings (SSSR count). The first-order valence-electron chi connectivity index (χ1n) is 8.74. The number of nitrogens with zero attached hydrogens (tertiary/aromatic N) is 4. The van der Waals surface area contributed by atoms with Crippen LogP contribution in [0.5, 0.6) is 0 Å². The predicted octanol–water partition coefficient (Wildman–Crippen LogP) is 2.58. The average molecular weight is 396 g/mol. The van der Waals surface area contributed by atoms with Crippen LogP contribution in [0.1, 0.15) is 23.7 Å². The van der Waals surface area contributed by atoms with Gasteiger partial charge in [0.25, 0.3) is 0 Å². The Morgan fingerprint density at radius 3 is 2.46 bits per heavy atom. The fourth-order valence-electron chi connectivity index (χ4n) is 2.58. The van der Waals surface area contributed by atoms with Crippen LogP contribution in [0.3, 0.4) is 0 Å². The number of thioether (sulfide) groups is 1. The number of carbonyl (C=O) groups excluding carboxylic acids is 2. The van der Waals surface area contributed by atoms with E-state index in [-0.39, 0.29) is 11.7 Å². The van der Waals surface area contributed by atoms with Crippen molar-refractivity contribution in [2.24, 2.45) is 5.73 Å². The van der Waals surface area contributed by atoms with Gasteiger partial charge in [0, 0.05) is 35.8 Å². The molecule has 0 aliphatic carbocycles. The summed E-state index contributed by atoms with van der Waals surface area (Å²) in [5, 5.41) is 12.0. The van der Waals surface area contributed by atoms with Crippen molar-refractivity contribution in [1.82, 2.24) is 19.7 Å². The SMILES string of the molecule is CCCn1c(SCC(=O)Nc2ccc(C(N)=O)cc2)nnc1-c1ccncc1. The Morgan fingerprint density at radius 2 is 1.82 bits per heavy atom. The van der Waals surface area contributed by atoms with Gasteiger partial charge in [-0.1, -0.05) is 18.7 Å². The lowest BCUT2D eigenvalue weighted by molar-refractivity contribution is -0.113. The molecule has 0 atom stereocenters. The molecule has 0 bridgehead atoms. The van der Waals surface area contributed by atoms with Crippen molar-refractivity contribution in [1.29, 1.82) is 0 Å². The molecule has 2 aromatic heterocycles. The largest absolute Gasteiger partial charge is 0.366 e. The van der Waals surface area contributed by atoms with E-state index in [4.69, 9.17) is 5.73 Å². The Balaban J connectivity index is 1.66. The second kappa shape index (κ2) is 9.14. The van der Waals surface area contributed by atoms with E-state index in [1.165, 1.54) is 11.8 Å². The van der Waals surface area contributed by atoms with E-state index >= 15 is 0 Å². The summed E-state index contributed by atoms with van der Waals surface area (Å²) >= 11 is 1.33. The third-order valence-corrected chi connectivity index (χ3v) is 4.85. The number of carbonyl (C=O) groups is 2. The number of nitrogens with two attached hydrogens (primary N) is 1. The van der Waals surface area contributed by atoms with Crippen LogP contribution in [0.25, 0.3) is 11.4 Å². The van der Waals surface area contributed by atoms with E-state index in [0.717, 1.165) is 24.4 Å². The zero-order valence-electron chi connectivity index (χ0n) is 15.3. The quantitative estimate of drug-likeness (QED) is 0.565. The molecular weight excluding hydrogens is 376 g/mol. The van der Waals surface area contributed by atoms with Crippen LogP contribution in [0.15, 0.2) is 53.9 Å². The summed E-state index contributed by atoms with van der Waals surface area (Å²) in [5.41, 5.74) is 7.14. The number of anilines is 1. The molecule has 0 spiro atoms. The highest BCUT2D eigenvalue weighted by atomic mass is 32.2. The van der Waals surface area contributed by atoms with Crippen molar-refractivity contribution in [3.63, 3.8) is 0 Å². The highest BCUT2D eigenvalue weighted by molar-refractivity contribution is 7.99. The first kappa shape index (κ1) is 19.6. The van der Waals surface area contributed by atoms with Crippen molar-refractivity contribution in [2.75, 3.05) is 11.1 Å². The van der Waals surface area contributed by atoms with E-state index in [2.05, 4.69) is 27.4 Å². The third-order valence-electron chi connectivity index (χ3n) is 3.89. The van der Waals surface area contributed by atoms with Gasteiger partial charge in [0.05, 0.1) is 5.75 Å². The maximum Gasteiger partial charge on any atom is 0.248 e. The van der Waals surface area contributed by atoms with Gasteiger partial charge >= 0.3 is 0 Å². The number of benzene rings is 1. The molecule has 8 nitrogen and oxygen atoms in total.